The normalized spacial score (nSPS) is 17.7. The van der Waals surface area contributed by atoms with Gasteiger partial charge in [0.2, 0.25) is 0 Å². The van der Waals surface area contributed by atoms with Crippen molar-refractivity contribution < 1.29 is 4.39 Å². The minimum atomic E-state index is -0.0243. The quantitative estimate of drug-likeness (QED) is 0.803. The fraction of sp³-hybridized carbons (Fsp3) is 0.692. The summed E-state index contributed by atoms with van der Waals surface area (Å²) >= 11 is 1.34. The molecule has 0 radical (unpaired) electrons. The number of thiophene rings is 1. The predicted molar refractivity (Wildman–Crippen MR) is 67.7 cm³/mol. The topological polar surface area (TPSA) is 12.0 Å². The molecule has 3 heteroatoms. The van der Waals surface area contributed by atoms with Crippen LogP contribution in [0.15, 0.2) is 6.07 Å². The van der Waals surface area contributed by atoms with Crippen LogP contribution >= 0.6 is 11.3 Å². The molecular formula is C13H20FNS. The van der Waals surface area contributed by atoms with Gasteiger partial charge in [0.1, 0.15) is 0 Å². The average molecular weight is 241 g/mol. The molecule has 1 aliphatic carbocycles. The van der Waals surface area contributed by atoms with Gasteiger partial charge in [-0.05, 0) is 43.4 Å². The molecule has 2 rings (SSSR count). The first kappa shape index (κ1) is 12.1. The van der Waals surface area contributed by atoms with Crippen molar-refractivity contribution in [3.05, 3.63) is 21.6 Å². The number of rotatable bonds is 6. The summed E-state index contributed by atoms with van der Waals surface area (Å²) < 4.78 is 13.3. The Morgan fingerprint density at radius 3 is 2.94 bits per heavy atom. The third-order valence-corrected chi connectivity index (χ3v) is 4.33. The standard InChI is InChI=1S/C13H20FNS/c1-9(8-15-2)11-7-13(14)16-12(11)6-5-10-3-4-10/h7,9-10,15H,3-6,8H2,1-2H3/t9-/m0/s1. The molecule has 0 bridgehead atoms. The van der Waals surface area contributed by atoms with E-state index in [1.807, 2.05) is 7.05 Å². The van der Waals surface area contributed by atoms with Gasteiger partial charge >= 0.3 is 0 Å². The Morgan fingerprint density at radius 1 is 1.56 bits per heavy atom. The first-order valence-electron chi connectivity index (χ1n) is 6.13. The molecule has 1 saturated carbocycles. The highest BCUT2D eigenvalue weighted by Crippen LogP contribution is 2.36. The summed E-state index contributed by atoms with van der Waals surface area (Å²) in [5.74, 6) is 1.34. The van der Waals surface area contributed by atoms with E-state index < -0.39 is 0 Å². The number of hydrogen-bond acceptors (Lipinski definition) is 2. The Labute approximate surface area is 101 Å². The van der Waals surface area contributed by atoms with E-state index in [-0.39, 0.29) is 5.13 Å². The third-order valence-electron chi connectivity index (χ3n) is 3.33. The molecule has 1 aromatic rings. The second-order valence-electron chi connectivity index (χ2n) is 4.87. The molecule has 0 amide bonds. The van der Waals surface area contributed by atoms with E-state index in [0.717, 1.165) is 18.9 Å². The molecule has 0 unspecified atom stereocenters. The lowest BCUT2D eigenvalue weighted by molar-refractivity contribution is 0.643. The number of nitrogens with one attached hydrogen (secondary N) is 1. The minimum Gasteiger partial charge on any atom is -0.319 e. The van der Waals surface area contributed by atoms with E-state index in [4.69, 9.17) is 0 Å². The molecule has 16 heavy (non-hydrogen) atoms. The molecule has 1 nitrogen and oxygen atoms in total. The van der Waals surface area contributed by atoms with Gasteiger partial charge in [0, 0.05) is 11.4 Å². The largest absolute Gasteiger partial charge is 0.319 e. The van der Waals surface area contributed by atoms with Crippen LogP contribution in [0.4, 0.5) is 4.39 Å². The van der Waals surface area contributed by atoms with Crippen molar-refractivity contribution in [1.29, 1.82) is 0 Å². The highest BCUT2D eigenvalue weighted by Gasteiger charge is 2.22. The van der Waals surface area contributed by atoms with E-state index in [1.54, 1.807) is 6.07 Å². The molecule has 1 aliphatic rings. The fourth-order valence-electron chi connectivity index (χ4n) is 2.18. The third kappa shape index (κ3) is 3.05. The molecule has 1 aromatic heterocycles. The Bertz CT molecular complexity index is 344. The van der Waals surface area contributed by atoms with E-state index in [2.05, 4.69) is 12.2 Å². The minimum absolute atomic E-state index is 0.0243. The maximum Gasteiger partial charge on any atom is 0.176 e. The van der Waals surface area contributed by atoms with Crippen LogP contribution in [-0.2, 0) is 6.42 Å². The van der Waals surface area contributed by atoms with E-state index in [0.29, 0.717) is 5.92 Å². The van der Waals surface area contributed by atoms with Crippen molar-refractivity contribution in [3.63, 3.8) is 0 Å². The zero-order valence-electron chi connectivity index (χ0n) is 10.1. The van der Waals surface area contributed by atoms with Gasteiger partial charge < -0.3 is 5.32 Å². The summed E-state index contributed by atoms with van der Waals surface area (Å²) in [4.78, 5) is 1.27. The van der Waals surface area contributed by atoms with Crippen molar-refractivity contribution >= 4 is 11.3 Å². The number of likely N-dealkylation sites (N-methyl/N-ethyl adjacent to an activating group) is 1. The summed E-state index contributed by atoms with van der Waals surface area (Å²) in [5, 5.41) is 3.14. The first-order chi connectivity index (χ1) is 7.70. The van der Waals surface area contributed by atoms with Gasteiger partial charge in [-0.1, -0.05) is 19.8 Å². The lowest BCUT2D eigenvalue weighted by Gasteiger charge is -2.11. The molecule has 1 N–H and O–H groups in total. The van der Waals surface area contributed by atoms with E-state index >= 15 is 0 Å². The zero-order chi connectivity index (χ0) is 11.5. The van der Waals surface area contributed by atoms with Crippen molar-refractivity contribution in [2.45, 2.75) is 38.5 Å². The van der Waals surface area contributed by atoms with Crippen LogP contribution < -0.4 is 5.32 Å². The average Bonchev–Trinajstić information content (AvgIpc) is 2.99. The van der Waals surface area contributed by atoms with Crippen LogP contribution in [0.1, 0.15) is 42.5 Å². The first-order valence-corrected chi connectivity index (χ1v) is 6.95. The van der Waals surface area contributed by atoms with Gasteiger partial charge in [0.05, 0.1) is 0 Å². The molecular weight excluding hydrogens is 221 g/mol. The molecule has 0 aliphatic heterocycles. The van der Waals surface area contributed by atoms with Gasteiger partial charge in [-0.25, -0.2) is 0 Å². The SMILES string of the molecule is CNC[C@H](C)c1cc(F)sc1CCC1CC1. The van der Waals surface area contributed by atoms with Crippen LogP contribution in [0.5, 0.6) is 0 Å². The van der Waals surface area contributed by atoms with Crippen LogP contribution in [-0.4, -0.2) is 13.6 Å². The maximum atomic E-state index is 13.3. The van der Waals surface area contributed by atoms with Crippen molar-refractivity contribution in [1.82, 2.24) is 5.32 Å². The maximum absolute atomic E-state index is 13.3. The van der Waals surface area contributed by atoms with Gasteiger partial charge in [-0.3, -0.25) is 0 Å². The fourth-order valence-corrected chi connectivity index (χ4v) is 3.20. The van der Waals surface area contributed by atoms with Crippen LogP contribution in [0.2, 0.25) is 0 Å². The molecule has 0 spiro atoms. The summed E-state index contributed by atoms with van der Waals surface area (Å²) in [6.07, 6.45) is 5.09. The highest BCUT2D eigenvalue weighted by molar-refractivity contribution is 7.10. The van der Waals surface area contributed by atoms with Gasteiger partial charge in [-0.15, -0.1) is 11.3 Å². The summed E-state index contributed by atoms with van der Waals surface area (Å²) in [7, 11) is 1.95. The Morgan fingerprint density at radius 2 is 2.31 bits per heavy atom. The van der Waals surface area contributed by atoms with Crippen LogP contribution in [0, 0.1) is 11.0 Å². The van der Waals surface area contributed by atoms with Crippen molar-refractivity contribution in [2.24, 2.45) is 5.92 Å². The summed E-state index contributed by atoms with van der Waals surface area (Å²) in [6.45, 7) is 3.09. The molecule has 1 heterocycles. The predicted octanol–water partition coefficient (Wildman–Crippen LogP) is 3.55. The van der Waals surface area contributed by atoms with E-state index in [9.17, 15) is 4.39 Å². The Balaban J connectivity index is 2.02. The molecule has 90 valence electrons. The highest BCUT2D eigenvalue weighted by atomic mass is 32.1. The second kappa shape index (κ2) is 5.28. The van der Waals surface area contributed by atoms with Crippen LogP contribution in [0.3, 0.4) is 0 Å². The molecule has 1 atom stereocenters. The number of hydrogen-bond donors (Lipinski definition) is 1. The lowest BCUT2D eigenvalue weighted by Crippen LogP contribution is -2.15. The van der Waals surface area contributed by atoms with Gasteiger partial charge in [0.15, 0.2) is 5.13 Å². The molecule has 0 saturated heterocycles. The summed E-state index contributed by atoms with van der Waals surface area (Å²) in [6, 6.07) is 1.73. The Kier molecular flexibility index (Phi) is 3.98. The van der Waals surface area contributed by atoms with Crippen LogP contribution in [0.25, 0.3) is 0 Å². The smallest absolute Gasteiger partial charge is 0.176 e. The zero-order valence-corrected chi connectivity index (χ0v) is 10.9. The number of aryl methyl sites for hydroxylation is 1. The molecule has 0 aromatic carbocycles. The van der Waals surface area contributed by atoms with E-state index in [1.165, 1.54) is 41.0 Å². The second-order valence-corrected chi connectivity index (χ2v) is 5.96. The van der Waals surface area contributed by atoms with Gasteiger partial charge in [0.25, 0.3) is 0 Å². The number of halogens is 1. The van der Waals surface area contributed by atoms with Crippen molar-refractivity contribution in [3.8, 4) is 0 Å². The van der Waals surface area contributed by atoms with Crippen molar-refractivity contribution in [2.75, 3.05) is 13.6 Å². The lowest BCUT2D eigenvalue weighted by atomic mass is 9.99. The summed E-state index contributed by atoms with van der Waals surface area (Å²) in [5.41, 5.74) is 1.22. The Hall–Kier alpha value is -0.410. The van der Waals surface area contributed by atoms with Gasteiger partial charge in [-0.2, -0.15) is 4.39 Å². The molecule has 1 fully saturated rings. The monoisotopic (exact) mass is 241 g/mol.